The first kappa shape index (κ1) is 13.9. The van der Waals surface area contributed by atoms with Gasteiger partial charge in [-0.15, -0.1) is 0 Å². The van der Waals surface area contributed by atoms with Crippen LogP contribution in [0, 0.1) is 0 Å². The molecule has 3 aromatic rings. The van der Waals surface area contributed by atoms with Crippen LogP contribution in [-0.4, -0.2) is 21.7 Å². The molecule has 0 aliphatic heterocycles. The molecule has 0 aliphatic rings. The molecule has 1 amide bonds. The van der Waals surface area contributed by atoms with E-state index in [1.165, 1.54) is 0 Å². The molecule has 5 heteroatoms. The van der Waals surface area contributed by atoms with E-state index in [0.717, 1.165) is 16.5 Å². The van der Waals surface area contributed by atoms with E-state index < -0.39 is 0 Å². The van der Waals surface area contributed by atoms with Gasteiger partial charge in [-0.25, -0.2) is 5.43 Å². The molecule has 0 bridgehead atoms. The molecular formula is C17H15N3O2. The lowest BCUT2D eigenvalue weighted by atomic mass is 10.1. The summed E-state index contributed by atoms with van der Waals surface area (Å²) in [5, 5.41) is 14.2. The molecule has 3 rings (SSSR count). The number of para-hydroxylation sites is 1. The van der Waals surface area contributed by atoms with Crippen molar-refractivity contribution in [3.05, 3.63) is 65.9 Å². The maximum absolute atomic E-state index is 12.2. The highest BCUT2D eigenvalue weighted by atomic mass is 16.3. The number of aromatic amines is 1. The summed E-state index contributed by atoms with van der Waals surface area (Å²) in [5.41, 5.74) is 5.51. The van der Waals surface area contributed by atoms with Gasteiger partial charge in [-0.05, 0) is 42.8 Å². The summed E-state index contributed by atoms with van der Waals surface area (Å²) in [7, 11) is 0. The fourth-order valence-corrected chi connectivity index (χ4v) is 2.22. The van der Waals surface area contributed by atoms with Crippen molar-refractivity contribution in [2.75, 3.05) is 0 Å². The second kappa shape index (κ2) is 5.73. The monoisotopic (exact) mass is 293 g/mol. The van der Waals surface area contributed by atoms with Gasteiger partial charge >= 0.3 is 0 Å². The quantitative estimate of drug-likeness (QED) is 0.513. The summed E-state index contributed by atoms with van der Waals surface area (Å²) in [6.07, 6.45) is 1.67. The lowest BCUT2D eigenvalue weighted by Gasteiger charge is -2.03. The second-order valence-corrected chi connectivity index (χ2v) is 4.93. The first-order chi connectivity index (χ1) is 10.6. The Morgan fingerprint density at radius 3 is 2.64 bits per heavy atom. The average molecular weight is 293 g/mol. The highest BCUT2D eigenvalue weighted by molar-refractivity contribution is 6.07. The van der Waals surface area contributed by atoms with Gasteiger partial charge in [0.25, 0.3) is 5.91 Å². The number of hydrazone groups is 1. The van der Waals surface area contributed by atoms with Crippen molar-refractivity contribution >= 4 is 22.5 Å². The number of nitrogens with zero attached hydrogens (tertiary/aromatic N) is 1. The van der Waals surface area contributed by atoms with Crippen LogP contribution in [-0.2, 0) is 0 Å². The minimum absolute atomic E-state index is 0.194. The topological polar surface area (TPSA) is 77.5 Å². The van der Waals surface area contributed by atoms with E-state index in [1.54, 1.807) is 37.4 Å². The lowest BCUT2D eigenvalue weighted by molar-refractivity contribution is 0.0956. The molecule has 2 aromatic carbocycles. The Bertz CT molecular complexity index is 848. The number of carbonyl (C=O) groups is 1. The Morgan fingerprint density at radius 1 is 1.14 bits per heavy atom. The Kier molecular flexibility index (Phi) is 3.62. The molecular weight excluding hydrogens is 278 g/mol. The highest BCUT2D eigenvalue weighted by Gasteiger charge is 2.11. The number of aromatic nitrogens is 1. The van der Waals surface area contributed by atoms with Crippen LogP contribution in [0.4, 0.5) is 0 Å². The largest absolute Gasteiger partial charge is 0.508 e. The molecule has 0 saturated heterocycles. The maximum atomic E-state index is 12.2. The molecule has 0 saturated carbocycles. The fraction of sp³-hybridized carbons (Fsp3) is 0.0588. The van der Waals surface area contributed by atoms with Crippen LogP contribution >= 0.6 is 0 Å². The first-order valence-electron chi connectivity index (χ1n) is 6.85. The molecule has 3 N–H and O–H groups in total. The number of amides is 1. The summed E-state index contributed by atoms with van der Waals surface area (Å²) in [5.74, 6) is -0.0741. The van der Waals surface area contributed by atoms with Gasteiger partial charge in [0.05, 0.1) is 11.3 Å². The number of H-pyrrole nitrogens is 1. The number of rotatable bonds is 3. The van der Waals surface area contributed by atoms with Crippen molar-refractivity contribution in [2.24, 2.45) is 5.10 Å². The number of phenolic OH excluding ortho intramolecular Hbond substituents is 1. The van der Waals surface area contributed by atoms with Crippen molar-refractivity contribution in [3.8, 4) is 5.75 Å². The van der Waals surface area contributed by atoms with E-state index in [1.807, 2.05) is 24.3 Å². The summed E-state index contributed by atoms with van der Waals surface area (Å²) in [4.78, 5) is 15.3. The van der Waals surface area contributed by atoms with Gasteiger partial charge in [0.2, 0.25) is 0 Å². The Hall–Kier alpha value is -3.08. The Labute approximate surface area is 127 Å². The Morgan fingerprint density at radius 2 is 1.86 bits per heavy atom. The number of hydrogen-bond donors (Lipinski definition) is 3. The van der Waals surface area contributed by atoms with Gasteiger partial charge in [0, 0.05) is 17.1 Å². The molecule has 22 heavy (non-hydrogen) atoms. The SMILES string of the molecule is C/C(=N\NC(=O)c1c[nH]c2ccccc12)c1ccc(O)cc1. The van der Waals surface area contributed by atoms with Gasteiger partial charge in [0.1, 0.15) is 5.75 Å². The minimum atomic E-state index is -0.268. The summed E-state index contributed by atoms with van der Waals surface area (Å²) < 4.78 is 0. The zero-order valence-electron chi connectivity index (χ0n) is 12.0. The molecule has 110 valence electrons. The van der Waals surface area contributed by atoms with E-state index in [2.05, 4.69) is 15.5 Å². The first-order valence-corrected chi connectivity index (χ1v) is 6.85. The van der Waals surface area contributed by atoms with Gasteiger partial charge in [-0.2, -0.15) is 5.10 Å². The zero-order chi connectivity index (χ0) is 15.5. The third-order valence-corrected chi connectivity index (χ3v) is 3.44. The number of benzene rings is 2. The number of nitrogens with one attached hydrogen (secondary N) is 2. The normalized spacial score (nSPS) is 11.6. The van der Waals surface area contributed by atoms with E-state index in [-0.39, 0.29) is 11.7 Å². The lowest BCUT2D eigenvalue weighted by Crippen LogP contribution is -2.19. The fourth-order valence-electron chi connectivity index (χ4n) is 2.22. The molecule has 0 radical (unpaired) electrons. The molecule has 5 nitrogen and oxygen atoms in total. The summed E-state index contributed by atoms with van der Waals surface area (Å²) in [6.45, 7) is 1.79. The second-order valence-electron chi connectivity index (χ2n) is 4.93. The van der Waals surface area contributed by atoms with Crippen LogP contribution in [0.5, 0.6) is 5.75 Å². The van der Waals surface area contributed by atoms with Crippen molar-refractivity contribution in [2.45, 2.75) is 6.92 Å². The van der Waals surface area contributed by atoms with E-state index in [4.69, 9.17) is 0 Å². The zero-order valence-corrected chi connectivity index (χ0v) is 12.0. The average Bonchev–Trinajstić information content (AvgIpc) is 2.97. The highest BCUT2D eigenvalue weighted by Crippen LogP contribution is 2.17. The van der Waals surface area contributed by atoms with Crippen LogP contribution in [0.15, 0.2) is 59.8 Å². The number of phenols is 1. The van der Waals surface area contributed by atoms with Crippen LogP contribution in [0.25, 0.3) is 10.9 Å². The van der Waals surface area contributed by atoms with Gasteiger partial charge in [-0.3, -0.25) is 4.79 Å². The molecule has 0 atom stereocenters. The van der Waals surface area contributed by atoms with Crippen molar-refractivity contribution in [3.63, 3.8) is 0 Å². The van der Waals surface area contributed by atoms with Crippen LogP contribution in [0.1, 0.15) is 22.8 Å². The van der Waals surface area contributed by atoms with Crippen molar-refractivity contribution in [1.82, 2.24) is 10.4 Å². The van der Waals surface area contributed by atoms with E-state index in [0.29, 0.717) is 11.3 Å². The Balaban J connectivity index is 1.79. The predicted octanol–water partition coefficient (Wildman–Crippen LogP) is 3.03. The molecule has 0 aliphatic carbocycles. The van der Waals surface area contributed by atoms with E-state index >= 15 is 0 Å². The predicted molar refractivity (Wildman–Crippen MR) is 86.1 cm³/mol. The summed E-state index contributed by atoms with van der Waals surface area (Å²) in [6, 6.07) is 14.2. The smallest absolute Gasteiger partial charge is 0.273 e. The molecule has 1 aromatic heterocycles. The van der Waals surface area contributed by atoms with Gasteiger partial charge in [0.15, 0.2) is 0 Å². The molecule has 0 fully saturated rings. The van der Waals surface area contributed by atoms with Crippen LogP contribution in [0.2, 0.25) is 0 Å². The maximum Gasteiger partial charge on any atom is 0.273 e. The molecule has 1 heterocycles. The van der Waals surface area contributed by atoms with E-state index in [9.17, 15) is 9.90 Å². The van der Waals surface area contributed by atoms with Gasteiger partial charge < -0.3 is 10.1 Å². The van der Waals surface area contributed by atoms with Crippen LogP contribution in [0.3, 0.4) is 0 Å². The molecule has 0 unspecified atom stereocenters. The summed E-state index contributed by atoms with van der Waals surface area (Å²) >= 11 is 0. The third-order valence-electron chi connectivity index (χ3n) is 3.44. The van der Waals surface area contributed by atoms with Crippen LogP contribution < -0.4 is 5.43 Å². The van der Waals surface area contributed by atoms with Crippen molar-refractivity contribution < 1.29 is 9.90 Å². The molecule has 0 spiro atoms. The third kappa shape index (κ3) is 2.69. The van der Waals surface area contributed by atoms with Gasteiger partial charge in [-0.1, -0.05) is 18.2 Å². The minimum Gasteiger partial charge on any atom is -0.508 e. The number of carbonyl (C=O) groups excluding carboxylic acids is 1. The number of fused-ring (bicyclic) bond motifs is 1. The van der Waals surface area contributed by atoms with Crippen molar-refractivity contribution in [1.29, 1.82) is 0 Å². The number of hydrogen-bond acceptors (Lipinski definition) is 3. The standard InChI is InChI=1S/C17H15N3O2/c1-11(12-6-8-13(21)9-7-12)19-20-17(22)15-10-18-16-5-3-2-4-14(15)16/h2-10,18,21H,1H3,(H,20,22)/b19-11+. The number of aromatic hydroxyl groups is 1.